The van der Waals surface area contributed by atoms with Crippen molar-refractivity contribution in [3.8, 4) is 0 Å². The Kier molecular flexibility index (Phi) is 5.47. The second kappa shape index (κ2) is 6.67. The third-order valence-electron chi connectivity index (χ3n) is 6.20. The number of thiophene rings is 1. The van der Waals surface area contributed by atoms with Crippen LogP contribution in [0.5, 0.6) is 0 Å². The molecule has 0 nitrogen and oxygen atoms in total. The Morgan fingerprint density at radius 3 is 1.86 bits per heavy atom. The minimum Gasteiger partial charge on any atom is -0.144 e. The molecule has 0 bridgehead atoms. The third-order valence-corrected chi connectivity index (χ3v) is 8.24. The molecule has 0 spiro atoms. The van der Waals surface area contributed by atoms with Crippen molar-refractivity contribution in [1.29, 1.82) is 0 Å². The Labute approximate surface area is 142 Å². The van der Waals surface area contributed by atoms with E-state index in [-0.39, 0.29) is 0 Å². The predicted octanol–water partition coefficient (Wildman–Crippen LogP) is 7.48. The van der Waals surface area contributed by atoms with E-state index in [2.05, 4.69) is 59.8 Å². The summed E-state index contributed by atoms with van der Waals surface area (Å²) in [5, 5.41) is 0. The molecular weight excluding hydrogens is 284 g/mol. The summed E-state index contributed by atoms with van der Waals surface area (Å²) in [7, 11) is 0. The molecule has 0 N–H and O–H groups in total. The zero-order valence-electron chi connectivity index (χ0n) is 15.9. The summed E-state index contributed by atoms with van der Waals surface area (Å²) in [6.45, 7) is 16.9. The van der Waals surface area contributed by atoms with Gasteiger partial charge in [-0.2, -0.15) is 0 Å². The fourth-order valence-electron chi connectivity index (χ4n) is 3.88. The lowest BCUT2D eigenvalue weighted by Crippen LogP contribution is -2.18. The van der Waals surface area contributed by atoms with Crippen LogP contribution < -0.4 is 0 Å². The predicted molar refractivity (Wildman–Crippen MR) is 102 cm³/mol. The molecular formula is C21H36S. The first-order valence-electron chi connectivity index (χ1n) is 9.38. The number of hydrogen-bond acceptors (Lipinski definition) is 1. The Bertz CT molecular complexity index is 498. The van der Waals surface area contributed by atoms with Crippen molar-refractivity contribution in [3.05, 3.63) is 20.9 Å². The van der Waals surface area contributed by atoms with Gasteiger partial charge in [-0.25, -0.2) is 0 Å². The van der Waals surface area contributed by atoms with Crippen molar-refractivity contribution < 1.29 is 0 Å². The van der Waals surface area contributed by atoms with Crippen LogP contribution in [0.2, 0.25) is 0 Å². The van der Waals surface area contributed by atoms with E-state index >= 15 is 0 Å². The van der Waals surface area contributed by atoms with Gasteiger partial charge in [0, 0.05) is 9.75 Å². The Hall–Kier alpha value is -0.300. The second-order valence-corrected chi connectivity index (χ2v) is 9.63. The van der Waals surface area contributed by atoms with E-state index < -0.39 is 0 Å². The molecule has 0 atom stereocenters. The number of hydrogen-bond donors (Lipinski definition) is 0. The van der Waals surface area contributed by atoms with E-state index in [9.17, 15) is 0 Å². The molecule has 22 heavy (non-hydrogen) atoms. The number of rotatable bonds is 5. The van der Waals surface area contributed by atoms with E-state index in [1.165, 1.54) is 44.9 Å². The largest absolute Gasteiger partial charge is 0.144 e. The van der Waals surface area contributed by atoms with Gasteiger partial charge >= 0.3 is 0 Å². The minimum atomic E-state index is 0.320. The molecule has 0 saturated heterocycles. The lowest BCUT2D eigenvalue weighted by molar-refractivity contribution is 0.429. The quantitative estimate of drug-likeness (QED) is 0.527. The normalized spacial score (nSPS) is 18.0. The molecule has 1 aliphatic carbocycles. The van der Waals surface area contributed by atoms with Gasteiger partial charge in [0.1, 0.15) is 0 Å². The van der Waals surface area contributed by atoms with Crippen molar-refractivity contribution in [2.24, 2.45) is 0 Å². The second-order valence-electron chi connectivity index (χ2n) is 8.61. The summed E-state index contributed by atoms with van der Waals surface area (Å²) in [6, 6.07) is 0. The smallest absolute Gasteiger partial charge is 0.0142 e. The lowest BCUT2D eigenvalue weighted by Gasteiger charge is -2.29. The average Bonchev–Trinajstić information content (AvgIpc) is 2.87. The van der Waals surface area contributed by atoms with Gasteiger partial charge in [-0.05, 0) is 60.5 Å². The molecule has 1 fully saturated rings. The highest BCUT2D eigenvalue weighted by molar-refractivity contribution is 7.12. The summed E-state index contributed by atoms with van der Waals surface area (Å²) in [5.74, 6) is 0.826. The highest BCUT2D eigenvalue weighted by Crippen LogP contribution is 2.49. The van der Waals surface area contributed by atoms with Crippen LogP contribution in [0.25, 0.3) is 0 Å². The first-order chi connectivity index (χ1) is 10.2. The van der Waals surface area contributed by atoms with E-state index in [0.29, 0.717) is 10.8 Å². The fourth-order valence-corrected chi connectivity index (χ4v) is 5.62. The topological polar surface area (TPSA) is 0 Å². The summed E-state index contributed by atoms with van der Waals surface area (Å²) in [4.78, 5) is 3.36. The van der Waals surface area contributed by atoms with Gasteiger partial charge in [-0.15, -0.1) is 11.3 Å². The molecule has 1 aromatic heterocycles. The van der Waals surface area contributed by atoms with Gasteiger partial charge < -0.3 is 0 Å². The molecule has 1 saturated carbocycles. The molecule has 1 aliphatic rings. The van der Waals surface area contributed by atoms with Crippen LogP contribution in [0, 0.1) is 6.92 Å². The standard InChI is InChI=1S/C21H36S/c1-8-20(4,5)18-15(3)17(16-13-11-10-12-14-16)19(22-18)21(6,7)9-2/h16H,8-14H2,1-7H3. The first-order valence-corrected chi connectivity index (χ1v) is 10.2. The van der Waals surface area contributed by atoms with Crippen LogP contribution in [-0.2, 0) is 10.8 Å². The fraction of sp³-hybridized carbons (Fsp3) is 0.810. The Morgan fingerprint density at radius 1 is 0.864 bits per heavy atom. The van der Waals surface area contributed by atoms with E-state index in [1.54, 1.807) is 20.9 Å². The molecule has 2 rings (SSSR count). The highest BCUT2D eigenvalue weighted by atomic mass is 32.1. The molecule has 0 radical (unpaired) electrons. The van der Waals surface area contributed by atoms with Gasteiger partial charge in [0.05, 0.1) is 0 Å². The van der Waals surface area contributed by atoms with Crippen LogP contribution in [-0.4, -0.2) is 0 Å². The maximum atomic E-state index is 2.45. The summed E-state index contributed by atoms with van der Waals surface area (Å²) in [5.41, 5.74) is 4.04. The van der Waals surface area contributed by atoms with Crippen molar-refractivity contribution in [2.45, 2.75) is 110 Å². The zero-order chi connectivity index (χ0) is 16.5. The maximum Gasteiger partial charge on any atom is 0.0142 e. The maximum absolute atomic E-state index is 2.45. The van der Waals surface area contributed by atoms with Crippen LogP contribution in [0.1, 0.15) is 113 Å². The van der Waals surface area contributed by atoms with Gasteiger partial charge in [-0.3, -0.25) is 0 Å². The van der Waals surface area contributed by atoms with Crippen molar-refractivity contribution in [2.75, 3.05) is 0 Å². The monoisotopic (exact) mass is 320 g/mol. The summed E-state index contributed by atoms with van der Waals surface area (Å²) < 4.78 is 0. The van der Waals surface area contributed by atoms with Gasteiger partial charge in [0.15, 0.2) is 0 Å². The zero-order valence-corrected chi connectivity index (χ0v) is 16.8. The van der Waals surface area contributed by atoms with Gasteiger partial charge in [0.2, 0.25) is 0 Å². The Balaban J connectivity index is 2.57. The van der Waals surface area contributed by atoms with Crippen LogP contribution in [0.15, 0.2) is 0 Å². The summed E-state index contributed by atoms with van der Waals surface area (Å²) in [6.07, 6.45) is 9.59. The van der Waals surface area contributed by atoms with Crippen LogP contribution in [0.3, 0.4) is 0 Å². The van der Waals surface area contributed by atoms with E-state index in [1.807, 2.05) is 0 Å². The van der Waals surface area contributed by atoms with Crippen molar-refractivity contribution in [3.63, 3.8) is 0 Å². The van der Waals surface area contributed by atoms with Crippen molar-refractivity contribution >= 4 is 11.3 Å². The van der Waals surface area contributed by atoms with Crippen LogP contribution in [0.4, 0.5) is 0 Å². The molecule has 0 unspecified atom stereocenters. The molecule has 1 heterocycles. The van der Waals surface area contributed by atoms with E-state index in [0.717, 1.165) is 5.92 Å². The SMILES string of the molecule is CCC(C)(C)c1sc(C(C)(C)CC)c(C2CCCCC2)c1C. The van der Waals surface area contributed by atoms with Crippen LogP contribution >= 0.6 is 11.3 Å². The molecule has 126 valence electrons. The van der Waals surface area contributed by atoms with Gasteiger partial charge in [-0.1, -0.05) is 60.8 Å². The molecule has 0 amide bonds. The van der Waals surface area contributed by atoms with Gasteiger partial charge in [0.25, 0.3) is 0 Å². The minimum absolute atomic E-state index is 0.320. The highest BCUT2D eigenvalue weighted by Gasteiger charge is 2.34. The lowest BCUT2D eigenvalue weighted by atomic mass is 9.75. The molecule has 0 aliphatic heterocycles. The summed E-state index contributed by atoms with van der Waals surface area (Å²) >= 11 is 2.14. The van der Waals surface area contributed by atoms with Crippen molar-refractivity contribution in [1.82, 2.24) is 0 Å². The molecule has 1 heteroatoms. The third kappa shape index (κ3) is 3.30. The molecule has 1 aromatic rings. The van der Waals surface area contributed by atoms with E-state index in [4.69, 9.17) is 0 Å². The first kappa shape index (κ1) is 18.0. The Morgan fingerprint density at radius 2 is 1.36 bits per heavy atom. The average molecular weight is 321 g/mol. The molecule has 0 aromatic carbocycles.